The van der Waals surface area contributed by atoms with Crippen LogP contribution in [0.15, 0.2) is 48.8 Å². The van der Waals surface area contributed by atoms with E-state index in [2.05, 4.69) is 20.7 Å². The number of nitrogens with one attached hydrogen (secondary N) is 2. The number of benzene rings is 1. The second-order valence-corrected chi connectivity index (χ2v) is 6.57. The van der Waals surface area contributed by atoms with Crippen LogP contribution < -0.4 is 10.6 Å². The van der Waals surface area contributed by atoms with Crippen molar-refractivity contribution >= 4 is 46.5 Å². The molecule has 2 heterocycles. The highest BCUT2D eigenvalue weighted by molar-refractivity contribution is 6.35. The summed E-state index contributed by atoms with van der Waals surface area (Å²) in [5, 5.41) is 11.5. The number of nitrogens with zero attached hydrogens (tertiary/aromatic N) is 3. The average molecular weight is 411 g/mol. The molecule has 0 aliphatic carbocycles. The molecule has 0 aliphatic heterocycles. The van der Waals surface area contributed by atoms with Crippen LogP contribution in [-0.2, 0) is 0 Å². The van der Waals surface area contributed by atoms with Crippen molar-refractivity contribution < 1.29 is 4.79 Å². The van der Waals surface area contributed by atoms with Gasteiger partial charge in [-0.3, -0.25) is 4.79 Å². The fourth-order valence-electron chi connectivity index (χ4n) is 2.20. The third kappa shape index (κ3) is 4.66. The van der Waals surface area contributed by atoms with Crippen LogP contribution in [0.25, 0.3) is 5.69 Å². The second-order valence-electron chi connectivity index (χ2n) is 5.29. The van der Waals surface area contributed by atoms with Gasteiger partial charge in [0.1, 0.15) is 5.82 Å². The summed E-state index contributed by atoms with van der Waals surface area (Å²) in [5.74, 6) is 0.235. The number of aromatic nitrogens is 3. The first-order chi connectivity index (χ1) is 12.5. The number of carbonyl (C=O) groups excluding carboxylic acids is 1. The van der Waals surface area contributed by atoms with Crippen molar-refractivity contribution in [1.29, 1.82) is 0 Å². The van der Waals surface area contributed by atoms with Gasteiger partial charge in [0.2, 0.25) is 0 Å². The maximum absolute atomic E-state index is 12.2. The van der Waals surface area contributed by atoms with Crippen LogP contribution in [0.1, 0.15) is 10.5 Å². The first-order valence-electron chi connectivity index (χ1n) is 7.67. The molecule has 0 unspecified atom stereocenters. The van der Waals surface area contributed by atoms with Crippen molar-refractivity contribution in [3.05, 3.63) is 69.6 Å². The Labute approximate surface area is 165 Å². The highest BCUT2D eigenvalue weighted by Crippen LogP contribution is 2.22. The molecule has 0 bridgehead atoms. The fraction of sp³-hybridized carbons (Fsp3) is 0.118. The van der Waals surface area contributed by atoms with Gasteiger partial charge in [-0.15, -0.1) is 0 Å². The zero-order valence-corrected chi connectivity index (χ0v) is 15.7. The Balaban J connectivity index is 1.52. The molecule has 3 aromatic rings. The van der Waals surface area contributed by atoms with E-state index in [4.69, 9.17) is 34.8 Å². The smallest absolute Gasteiger partial charge is 0.271 e. The minimum absolute atomic E-state index is 0.275. The summed E-state index contributed by atoms with van der Waals surface area (Å²) in [6.45, 7) is 0.832. The lowest BCUT2D eigenvalue weighted by Crippen LogP contribution is -2.29. The molecule has 0 aliphatic rings. The summed E-state index contributed by atoms with van der Waals surface area (Å²) < 4.78 is 1.59. The molecule has 2 aromatic heterocycles. The van der Waals surface area contributed by atoms with Gasteiger partial charge in [-0.05, 0) is 30.3 Å². The summed E-state index contributed by atoms with van der Waals surface area (Å²) in [5.41, 5.74) is 1.09. The fourth-order valence-corrected chi connectivity index (χ4v) is 2.83. The molecule has 6 nitrogen and oxygen atoms in total. The Morgan fingerprint density at radius 3 is 2.69 bits per heavy atom. The Hall–Kier alpha value is -2.28. The monoisotopic (exact) mass is 409 g/mol. The van der Waals surface area contributed by atoms with Crippen molar-refractivity contribution in [3.63, 3.8) is 0 Å². The molecule has 0 radical (unpaired) electrons. The summed E-state index contributed by atoms with van der Waals surface area (Å²) >= 11 is 17.8. The van der Waals surface area contributed by atoms with Crippen LogP contribution in [0, 0.1) is 0 Å². The Morgan fingerprint density at radius 2 is 1.92 bits per heavy atom. The van der Waals surface area contributed by atoms with Crippen LogP contribution in [0.3, 0.4) is 0 Å². The van der Waals surface area contributed by atoms with E-state index >= 15 is 0 Å². The third-order valence-electron chi connectivity index (χ3n) is 3.41. The van der Waals surface area contributed by atoms with E-state index in [1.54, 1.807) is 35.1 Å². The zero-order valence-electron chi connectivity index (χ0n) is 13.4. The van der Waals surface area contributed by atoms with Crippen LogP contribution >= 0.6 is 34.8 Å². The number of hydrogen-bond acceptors (Lipinski definition) is 4. The summed E-state index contributed by atoms with van der Waals surface area (Å²) in [7, 11) is 0. The topological polar surface area (TPSA) is 71.8 Å². The Bertz CT molecular complexity index is 928. The molecule has 3 rings (SSSR count). The lowest BCUT2D eigenvalue weighted by molar-refractivity contribution is 0.0950. The van der Waals surface area contributed by atoms with Gasteiger partial charge in [0, 0.05) is 30.5 Å². The zero-order chi connectivity index (χ0) is 18.5. The van der Waals surface area contributed by atoms with Gasteiger partial charge in [0.25, 0.3) is 5.91 Å². The minimum Gasteiger partial charge on any atom is -0.367 e. The number of amides is 1. The van der Waals surface area contributed by atoms with Gasteiger partial charge in [-0.25, -0.2) is 9.67 Å². The van der Waals surface area contributed by atoms with Crippen LogP contribution in [0.2, 0.25) is 15.1 Å². The molecule has 0 saturated carbocycles. The van der Waals surface area contributed by atoms with E-state index in [1.165, 1.54) is 6.20 Å². The molecule has 26 heavy (non-hydrogen) atoms. The van der Waals surface area contributed by atoms with Gasteiger partial charge in [0.05, 0.1) is 15.7 Å². The first-order valence-corrected chi connectivity index (χ1v) is 8.81. The minimum atomic E-state index is -0.275. The molecule has 0 fully saturated rings. The van der Waals surface area contributed by atoms with E-state index in [-0.39, 0.29) is 5.91 Å². The summed E-state index contributed by atoms with van der Waals surface area (Å²) in [4.78, 5) is 16.3. The third-order valence-corrected chi connectivity index (χ3v) is 4.14. The molecule has 1 amide bonds. The number of pyridine rings is 1. The van der Waals surface area contributed by atoms with Crippen LogP contribution in [-0.4, -0.2) is 33.8 Å². The van der Waals surface area contributed by atoms with Gasteiger partial charge in [0.15, 0.2) is 5.69 Å². The average Bonchev–Trinajstić information content (AvgIpc) is 3.10. The molecule has 9 heteroatoms. The molecule has 1 aromatic carbocycles. The van der Waals surface area contributed by atoms with Crippen molar-refractivity contribution in [2.75, 3.05) is 18.4 Å². The summed E-state index contributed by atoms with van der Waals surface area (Å²) in [6, 6.07) is 10.5. The number of anilines is 1. The van der Waals surface area contributed by atoms with Crippen LogP contribution in [0.5, 0.6) is 0 Å². The standard InChI is InChI=1S/C17H14Cl3N5O/c18-11-2-1-3-13(8-11)25-7-4-15(24-25)17(26)22-6-5-21-16-14(20)9-12(19)10-23-16/h1-4,7-10H,5-6H2,(H,21,23)(H,22,26). The normalized spacial score (nSPS) is 10.6. The largest absolute Gasteiger partial charge is 0.367 e. The Morgan fingerprint density at radius 1 is 1.08 bits per heavy atom. The lowest BCUT2D eigenvalue weighted by Gasteiger charge is -2.08. The molecule has 2 N–H and O–H groups in total. The van der Waals surface area contributed by atoms with E-state index in [9.17, 15) is 4.79 Å². The second kappa shape index (κ2) is 8.40. The van der Waals surface area contributed by atoms with Gasteiger partial charge < -0.3 is 10.6 Å². The molecular weight excluding hydrogens is 397 g/mol. The van der Waals surface area contributed by atoms with E-state index in [1.807, 2.05) is 12.1 Å². The van der Waals surface area contributed by atoms with Crippen molar-refractivity contribution in [3.8, 4) is 5.69 Å². The molecular formula is C17H14Cl3N5O. The highest BCUT2D eigenvalue weighted by atomic mass is 35.5. The van der Waals surface area contributed by atoms with Crippen molar-refractivity contribution in [2.24, 2.45) is 0 Å². The first kappa shape index (κ1) is 18.5. The maximum atomic E-state index is 12.2. The predicted molar refractivity (Wildman–Crippen MR) is 104 cm³/mol. The van der Waals surface area contributed by atoms with Gasteiger partial charge in [-0.2, -0.15) is 5.10 Å². The maximum Gasteiger partial charge on any atom is 0.271 e. The molecule has 134 valence electrons. The molecule has 0 spiro atoms. The molecule has 0 atom stereocenters. The van der Waals surface area contributed by atoms with E-state index in [0.717, 1.165) is 5.69 Å². The number of halogens is 3. The number of carbonyl (C=O) groups is 1. The van der Waals surface area contributed by atoms with Crippen molar-refractivity contribution in [1.82, 2.24) is 20.1 Å². The van der Waals surface area contributed by atoms with Gasteiger partial charge >= 0.3 is 0 Å². The Kier molecular flexibility index (Phi) is 5.98. The van der Waals surface area contributed by atoms with Gasteiger partial charge in [-0.1, -0.05) is 40.9 Å². The number of hydrogen-bond donors (Lipinski definition) is 2. The van der Waals surface area contributed by atoms with Crippen molar-refractivity contribution in [2.45, 2.75) is 0 Å². The predicted octanol–water partition coefficient (Wildman–Crippen LogP) is 4.07. The van der Waals surface area contributed by atoms with Crippen LogP contribution in [0.4, 0.5) is 5.82 Å². The highest BCUT2D eigenvalue weighted by Gasteiger charge is 2.10. The SMILES string of the molecule is O=C(NCCNc1ncc(Cl)cc1Cl)c1ccn(-c2cccc(Cl)c2)n1. The van der Waals surface area contributed by atoms with E-state index in [0.29, 0.717) is 39.7 Å². The summed E-state index contributed by atoms with van der Waals surface area (Å²) in [6.07, 6.45) is 3.20. The number of rotatable bonds is 6. The lowest BCUT2D eigenvalue weighted by atomic mass is 10.3. The quantitative estimate of drug-likeness (QED) is 0.601. The molecule has 0 saturated heterocycles. The van der Waals surface area contributed by atoms with E-state index < -0.39 is 0 Å².